The lowest BCUT2D eigenvalue weighted by atomic mass is 10.1. The Bertz CT molecular complexity index is 1000. The zero-order chi connectivity index (χ0) is 15.9. The molecule has 5 nitrogen and oxygen atoms in total. The van der Waals surface area contributed by atoms with Crippen LogP contribution in [0.5, 0.6) is 0 Å². The monoisotopic (exact) mass is 333 g/mol. The van der Waals surface area contributed by atoms with Gasteiger partial charge in [0, 0.05) is 18.0 Å². The summed E-state index contributed by atoms with van der Waals surface area (Å²) in [5.41, 5.74) is 3.27. The van der Waals surface area contributed by atoms with Crippen molar-refractivity contribution in [2.45, 2.75) is 13.0 Å². The van der Waals surface area contributed by atoms with E-state index in [-0.39, 0.29) is 0 Å². The Balaban J connectivity index is 1.60. The van der Waals surface area contributed by atoms with E-state index in [0.29, 0.717) is 0 Å². The summed E-state index contributed by atoms with van der Waals surface area (Å²) in [6.45, 7) is 1.89. The van der Waals surface area contributed by atoms with E-state index in [1.165, 1.54) is 10.4 Å². The fourth-order valence-corrected chi connectivity index (χ4v) is 4.16. The summed E-state index contributed by atoms with van der Waals surface area (Å²) in [7, 11) is 0. The maximum atomic E-state index is 4.56. The number of aromatic nitrogens is 4. The summed E-state index contributed by atoms with van der Waals surface area (Å²) in [4.78, 5) is 12.9. The molecule has 0 aliphatic carbocycles. The standard InChI is InChI=1S/C18H15N5S/c1-2-4-14(5-3-1)23-18-15(10-21-23)17(19-12-20-18)22-8-6-16-13(11-22)7-9-24-16/h1-5,7,9-10,12H,6,8,11H2. The average molecular weight is 333 g/mol. The first kappa shape index (κ1) is 13.7. The molecule has 6 heteroatoms. The molecule has 1 aliphatic rings. The number of hydrogen-bond acceptors (Lipinski definition) is 5. The first-order chi connectivity index (χ1) is 11.9. The van der Waals surface area contributed by atoms with Crippen molar-refractivity contribution in [3.05, 3.63) is 64.7 Å². The van der Waals surface area contributed by atoms with Crippen LogP contribution in [-0.4, -0.2) is 26.3 Å². The number of fused-ring (bicyclic) bond motifs is 2. The average Bonchev–Trinajstić information content (AvgIpc) is 3.28. The molecule has 0 spiro atoms. The van der Waals surface area contributed by atoms with Crippen molar-refractivity contribution in [3.63, 3.8) is 0 Å². The minimum absolute atomic E-state index is 0.849. The SMILES string of the molecule is c1ccc(-n2ncc3c(N4CCc5sccc5C4)ncnc32)cc1. The van der Waals surface area contributed by atoms with Crippen LogP contribution in [0.1, 0.15) is 10.4 Å². The van der Waals surface area contributed by atoms with Gasteiger partial charge in [-0.2, -0.15) is 5.10 Å². The van der Waals surface area contributed by atoms with E-state index in [0.717, 1.165) is 42.0 Å². The molecule has 0 saturated carbocycles. The highest BCUT2D eigenvalue weighted by Gasteiger charge is 2.21. The highest BCUT2D eigenvalue weighted by molar-refractivity contribution is 7.10. The summed E-state index contributed by atoms with van der Waals surface area (Å²) in [6.07, 6.45) is 4.59. The van der Waals surface area contributed by atoms with Crippen LogP contribution in [-0.2, 0) is 13.0 Å². The van der Waals surface area contributed by atoms with Gasteiger partial charge in [-0.1, -0.05) is 18.2 Å². The second-order valence-corrected chi connectivity index (χ2v) is 6.87. The van der Waals surface area contributed by atoms with E-state index < -0.39 is 0 Å². The third kappa shape index (κ3) is 2.11. The topological polar surface area (TPSA) is 46.8 Å². The summed E-state index contributed by atoms with van der Waals surface area (Å²) >= 11 is 1.85. The van der Waals surface area contributed by atoms with Gasteiger partial charge >= 0.3 is 0 Å². The van der Waals surface area contributed by atoms with Gasteiger partial charge < -0.3 is 4.90 Å². The van der Waals surface area contributed by atoms with E-state index in [2.05, 4.69) is 31.4 Å². The zero-order valence-corrected chi connectivity index (χ0v) is 13.8. The van der Waals surface area contributed by atoms with Gasteiger partial charge in [-0.05, 0) is 35.6 Å². The number of thiophene rings is 1. The largest absolute Gasteiger partial charge is 0.351 e. The number of hydrogen-bond donors (Lipinski definition) is 0. The predicted octanol–water partition coefficient (Wildman–Crippen LogP) is 3.44. The highest BCUT2D eigenvalue weighted by atomic mass is 32.1. The Morgan fingerprint density at radius 3 is 2.88 bits per heavy atom. The molecule has 0 fully saturated rings. The van der Waals surface area contributed by atoms with Gasteiger partial charge in [-0.25, -0.2) is 14.6 Å². The predicted molar refractivity (Wildman–Crippen MR) is 95.7 cm³/mol. The Morgan fingerprint density at radius 1 is 1.04 bits per heavy atom. The third-order valence-electron chi connectivity index (χ3n) is 4.45. The van der Waals surface area contributed by atoms with Crippen LogP contribution in [0.3, 0.4) is 0 Å². The van der Waals surface area contributed by atoms with Crippen LogP contribution >= 0.6 is 11.3 Å². The first-order valence-electron chi connectivity index (χ1n) is 7.94. The second kappa shape index (κ2) is 5.42. The van der Waals surface area contributed by atoms with E-state index in [4.69, 9.17) is 0 Å². The molecule has 118 valence electrons. The van der Waals surface area contributed by atoms with Crippen molar-refractivity contribution < 1.29 is 0 Å². The van der Waals surface area contributed by atoms with Crippen molar-refractivity contribution in [2.75, 3.05) is 11.4 Å². The Labute approximate surface area is 143 Å². The second-order valence-electron chi connectivity index (χ2n) is 5.87. The number of anilines is 1. The van der Waals surface area contributed by atoms with Gasteiger partial charge in [0.1, 0.15) is 12.1 Å². The molecule has 1 aromatic carbocycles. The minimum Gasteiger partial charge on any atom is -0.351 e. The fourth-order valence-electron chi connectivity index (χ4n) is 3.27. The van der Waals surface area contributed by atoms with Crippen LogP contribution in [0.15, 0.2) is 54.3 Å². The molecule has 0 atom stereocenters. The summed E-state index contributed by atoms with van der Waals surface area (Å²) in [5.74, 6) is 0.971. The van der Waals surface area contributed by atoms with Crippen LogP contribution in [0.4, 0.5) is 5.82 Å². The number of benzene rings is 1. The molecule has 0 N–H and O–H groups in total. The molecule has 24 heavy (non-hydrogen) atoms. The van der Waals surface area contributed by atoms with Gasteiger partial charge in [0.25, 0.3) is 0 Å². The summed E-state index contributed by atoms with van der Waals surface area (Å²) in [5, 5.41) is 7.72. The number of para-hydroxylation sites is 1. The van der Waals surface area contributed by atoms with Crippen LogP contribution in [0, 0.1) is 0 Å². The van der Waals surface area contributed by atoms with Crippen molar-refractivity contribution in [2.24, 2.45) is 0 Å². The Kier molecular flexibility index (Phi) is 3.09. The molecule has 3 aromatic heterocycles. The lowest BCUT2D eigenvalue weighted by molar-refractivity contribution is 0.734. The van der Waals surface area contributed by atoms with E-state index in [1.54, 1.807) is 6.33 Å². The van der Waals surface area contributed by atoms with Gasteiger partial charge in [-0.15, -0.1) is 11.3 Å². The molecule has 0 amide bonds. The maximum absolute atomic E-state index is 4.56. The van der Waals surface area contributed by atoms with Gasteiger partial charge in [-0.3, -0.25) is 0 Å². The quantitative estimate of drug-likeness (QED) is 0.564. The van der Waals surface area contributed by atoms with E-state index in [1.807, 2.05) is 52.5 Å². The molecule has 5 rings (SSSR count). The van der Waals surface area contributed by atoms with E-state index in [9.17, 15) is 0 Å². The lowest BCUT2D eigenvalue weighted by Crippen LogP contribution is -2.30. The molecule has 1 aliphatic heterocycles. The summed E-state index contributed by atoms with van der Waals surface area (Å²) in [6, 6.07) is 12.3. The number of rotatable bonds is 2. The summed E-state index contributed by atoms with van der Waals surface area (Å²) < 4.78 is 1.88. The lowest BCUT2D eigenvalue weighted by Gasteiger charge is -2.28. The Hall–Kier alpha value is -2.73. The molecule has 4 aromatic rings. The third-order valence-corrected chi connectivity index (χ3v) is 5.48. The molecule has 0 bridgehead atoms. The normalized spacial score (nSPS) is 14.1. The molecule has 0 saturated heterocycles. The van der Waals surface area contributed by atoms with Gasteiger partial charge in [0.2, 0.25) is 0 Å². The van der Waals surface area contributed by atoms with Crippen LogP contribution in [0.25, 0.3) is 16.7 Å². The van der Waals surface area contributed by atoms with Crippen LogP contribution in [0.2, 0.25) is 0 Å². The van der Waals surface area contributed by atoms with Gasteiger partial charge in [0.05, 0.1) is 17.3 Å². The van der Waals surface area contributed by atoms with Crippen LogP contribution < -0.4 is 4.90 Å². The van der Waals surface area contributed by atoms with Crippen molar-refractivity contribution in [3.8, 4) is 5.69 Å². The van der Waals surface area contributed by atoms with E-state index >= 15 is 0 Å². The fraction of sp³-hybridized carbons (Fsp3) is 0.167. The first-order valence-corrected chi connectivity index (χ1v) is 8.82. The molecular formula is C18H15N5S. The zero-order valence-electron chi connectivity index (χ0n) is 13.0. The smallest absolute Gasteiger partial charge is 0.168 e. The number of nitrogens with zero attached hydrogens (tertiary/aromatic N) is 5. The highest BCUT2D eigenvalue weighted by Crippen LogP contribution is 2.30. The molecule has 4 heterocycles. The van der Waals surface area contributed by atoms with Crippen molar-refractivity contribution >= 4 is 28.2 Å². The van der Waals surface area contributed by atoms with Gasteiger partial charge in [0.15, 0.2) is 5.65 Å². The van der Waals surface area contributed by atoms with Crippen molar-refractivity contribution in [1.29, 1.82) is 0 Å². The molecule has 0 radical (unpaired) electrons. The molecule has 0 unspecified atom stereocenters. The maximum Gasteiger partial charge on any atom is 0.168 e. The Morgan fingerprint density at radius 2 is 1.96 bits per heavy atom. The molecular weight excluding hydrogens is 318 g/mol. The van der Waals surface area contributed by atoms with Crippen molar-refractivity contribution in [1.82, 2.24) is 19.7 Å². The minimum atomic E-state index is 0.849.